The Labute approximate surface area is 88.2 Å². The maximum Gasteiger partial charge on any atom is 0.119 e. The summed E-state index contributed by atoms with van der Waals surface area (Å²) in [5, 5.41) is 9.02. The van der Waals surface area contributed by atoms with Gasteiger partial charge in [-0.1, -0.05) is 30.3 Å². The van der Waals surface area contributed by atoms with E-state index in [2.05, 4.69) is 11.1 Å². The van der Waals surface area contributed by atoms with Crippen molar-refractivity contribution in [1.82, 2.24) is 4.98 Å². The molecule has 0 bridgehead atoms. The Morgan fingerprint density at radius 3 is 2.53 bits per heavy atom. The van der Waals surface area contributed by atoms with E-state index in [4.69, 9.17) is 11.0 Å². The van der Waals surface area contributed by atoms with Gasteiger partial charge >= 0.3 is 0 Å². The van der Waals surface area contributed by atoms with Gasteiger partial charge in [0.1, 0.15) is 17.5 Å². The maximum atomic E-state index is 9.02. The normalized spacial score (nSPS) is 9.87. The lowest BCUT2D eigenvalue weighted by molar-refractivity contribution is 1.27. The summed E-state index contributed by atoms with van der Waals surface area (Å²) < 4.78 is 0. The third-order valence-corrected chi connectivity index (χ3v) is 2.39. The van der Waals surface area contributed by atoms with E-state index >= 15 is 0 Å². The lowest BCUT2D eigenvalue weighted by Crippen LogP contribution is -1.87. The molecule has 0 saturated carbocycles. The van der Waals surface area contributed by atoms with Crippen LogP contribution in [0.1, 0.15) is 11.3 Å². The molecule has 3 nitrogen and oxygen atoms in total. The zero-order valence-electron chi connectivity index (χ0n) is 8.41. The molecule has 1 aromatic heterocycles. The van der Waals surface area contributed by atoms with Gasteiger partial charge < -0.3 is 10.7 Å². The first kappa shape index (κ1) is 9.35. The van der Waals surface area contributed by atoms with E-state index in [1.807, 2.05) is 37.3 Å². The number of nitriles is 1. The Balaban J connectivity index is 2.69. The highest BCUT2D eigenvalue weighted by atomic mass is 14.9. The second-order valence-electron chi connectivity index (χ2n) is 3.39. The van der Waals surface area contributed by atoms with Gasteiger partial charge in [-0.3, -0.25) is 0 Å². The molecule has 15 heavy (non-hydrogen) atoms. The number of nitrogens with one attached hydrogen (secondary N) is 1. The van der Waals surface area contributed by atoms with Crippen LogP contribution >= 0.6 is 0 Å². The summed E-state index contributed by atoms with van der Waals surface area (Å²) in [4.78, 5) is 2.98. The van der Waals surface area contributed by atoms with E-state index in [-0.39, 0.29) is 0 Å². The highest BCUT2D eigenvalue weighted by Crippen LogP contribution is 2.30. The molecule has 0 unspecified atom stereocenters. The summed E-state index contributed by atoms with van der Waals surface area (Å²) in [5.41, 5.74) is 9.08. The predicted molar refractivity (Wildman–Crippen MR) is 60.1 cm³/mol. The number of hydrogen-bond acceptors (Lipinski definition) is 2. The van der Waals surface area contributed by atoms with Crippen LogP contribution in [0, 0.1) is 18.3 Å². The van der Waals surface area contributed by atoms with Crippen LogP contribution in [0.2, 0.25) is 0 Å². The van der Waals surface area contributed by atoms with Crippen LogP contribution in [0.3, 0.4) is 0 Å². The number of nitrogens with two attached hydrogens (primary N) is 1. The van der Waals surface area contributed by atoms with Gasteiger partial charge in [0.2, 0.25) is 0 Å². The maximum absolute atomic E-state index is 9.02. The quantitative estimate of drug-likeness (QED) is 0.737. The summed E-state index contributed by atoms with van der Waals surface area (Å²) in [5.74, 6) is 0.439. The van der Waals surface area contributed by atoms with Crippen LogP contribution in [-0.2, 0) is 0 Å². The second-order valence-corrected chi connectivity index (χ2v) is 3.39. The molecule has 3 N–H and O–H groups in total. The monoisotopic (exact) mass is 197 g/mol. The molecule has 0 aliphatic rings. The number of nitrogen functional groups attached to an aromatic ring is 1. The van der Waals surface area contributed by atoms with E-state index in [0.29, 0.717) is 11.4 Å². The average Bonchev–Trinajstić information content (AvgIpc) is 2.54. The van der Waals surface area contributed by atoms with Gasteiger partial charge in [-0.2, -0.15) is 5.26 Å². The van der Waals surface area contributed by atoms with Gasteiger partial charge in [0.15, 0.2) is 0 Å². The molecule has 3 heteroatoms. The molecule has 1 aromatic carbocycles. The molecule has 1 heterocycles. The predicted octanol–water partition coefficient (Wildman–Crippen LogP) is 2.44. The van der Waals surface area contributed by atoms with Crippen molar-refractivity contribution in [3.63, 3.8) is 0 Å². The number of aryl methyl sites for hydroxylation is 1. The highest BCUT2D eigenvalue weighted by molar-refractivity contribution is 5.78. The zero-order valence-corrected chi connectivity index (χ0v) is 8.41. The molecule has 0 saturated heterocycles. The third-order valence-electron chi connectivity index (χ3n) is 2.39. The van der Waals surface area contributed by atoms with E-state index < -0.39 is 0 Å². The zero-order chi connectivity index (χ0) is 10.8. The molecule has 0 amide bonds. The van der Waals surface area contributed by atoms with Crippen molar-refractivity contribution in [2.24, 2.45) is 0 Å². The molecular formula is C12H11N3. The van der Waals surface area contributed by atoms with Crippen molar-refractivity contribution in [2.75, 3.05) is 5.73 Å². The van der Waals surface area contributed by atoms with E-state index in [1.54, 1.807) is 0 Å². The molecular weight excluding hydrogens is 186 g/mol. The SMILES string of the molecule is Cc1[nH]c(N)c(C#N)c1-c1ccccc1. The number of H-pyrrole nitrogens is 1. The van der Waals surface area contributed by atoms with Gasteiger partial charge in [0.25, 0.3) is 0 Å². The first-order valence-electron chi connectivity index (χ1n) is 4.67. The topological polar surface area (TPSA) is 65.6 Å². The fourth-order valence-electron chi connectivity index (χ4n) is 1.73. The minimum Gasteiger partial charge on any atom is -0.384 e. The number of nitrogens with zero attached hydrogens (tertiary/aromatic N) is 1. The molecule has 74 valence electrons. The van der Waals surface area contributed by atoms with Crippen molar-refractivity contribution < 1.29 is 0 Å². The Bertz CT molecular complexity index is 518. The smallest absolute Gasteiger partial charge is 0.119 e. The van der Waals surface area contributed by atoms with Gasteiger partial charge in [-0.25, -0.2) is 0 Å². The van der Waals surface area contributed by atoms with Gasteiger partial charge in [-0.05, 0) is 12.5 Å². The van der Waals surface area contributed by atoms with Crippen molar-refractivity contribution in [3.05, 3.63) is 41.6 Å². The molecule has 0 radical (unpaired) electrons. The molecule has 2 aromatic rings. The standard InChI is InChI=1S/C12H11N3/c1-8-11(9-5-3-2-4-6-9)10(7-13)12(14)15-8/h2-6,15H,14H2,1H3. The van der Waals surface area contributed by atoms with Crippen LogP contribution in [0.5, 0.6) is 0 Å². The van der Waals surface area contributed by atoms with E-state index in [1.165, 1.54) is 0 Å². The first-order chi connectivity index (χ1) is 7.24. The van der Waals surface area contributed by atoms with Gasteiger partial charge in [0.05, 0.1) is 0 Å². The van der Waals surface area contributed by atoms with E-state index in [9.17, 15) is 0 Å². The lowest BCUT2D eigenvalue weighted by Gasteiger charge is -2.00. The second kappa shape index (κ2) is 3.50. The molecule has 0 atom stereocenters. The van der Waals surface area contributed by atoms with Crippen LogP contribution in [-0.4, -0.2) is 4.98 Å². The van der Waals surface area contributed by atoms with Crippen LogP contribution < -0.4 is 5.73 Å². The number of anilines is 1. The Hall–Kier alpha value is -2.21. The summed E-state index contributed by atoms with van der Waals surface area (Å²) in [7, 11) is 0. The van der Waals surface area contributed by atoms with Gasteiger partial charge in [-0.15, -0.1) is 0 Å². The summed E-state index contributed by atoms with van der Waals surface area (Å²) in [6.07, 6.45) is 0. The van der Waals surface area contributed by atoms with Crippen molar-refractivity contribution in [3.8, 4) is 17.2 Å². The summed E-state index contributed by atoms with van der Waals surface area (Å²) >= 11 is 0. The Morgan fingerprint density at radius 1 is 1.27 bits per heavy atom. The average molecular weight is 197 g/mol. The number of benzene rings is 1. The number of hydrogen-bond donors (Lipinski definition) is 2. The largest absolute Gasteiger partial charge is 0.384 e. The van der Waals surface area contributed by atoms with E-state index in [0.717, 1.165) is 16.8 Å². The molecule has 0 aliphatic carbocycles. The number of aromatic amines is 1. The Kier molecular flexibility index (Phi) is 2.18. The minimum atomic E-state index is 0.439. The molecule has 2 rings (SSSR count). The van der Waals surface area contributed by atoms with Crippen molar-refractivity contribution in [1.29, 1.82) is 5.26 Å². The third kappa shape index (κ3) is 1.46. The highest BCUT2D eigenvalue weighted by Gasteiger charge is 2.13. The summed E-state index contributed by atoms with van der Waals surface area (Å²) in [6.45, 7) is 1.92. The first-order valence-corrected chi connectivity index (χ1v) is 4.67. The molecule has 0 aliphatic heterocycles. The van der Waals surface area contributed by atoms with Crippen molar-refractivity contribution in [2.45, 2.75) is 6.92 Å². The molecule has 0 fully saturated rings. The number of aromatic nitrogens is 1. The van der Waals surface area contributed by atoms with Crippen LogP contribution in [0.25, 0.3) is 11.1 Å². The van der Waals surface area contributed by atoms with Crippen molar-refractivity contribution >= 4 is 5.82 Å². The fraction of sp³-hybridized carbons (Fsp3) is 0.0833. The minimum absolute atomic E-state index is 0.439. The summed E-state index contributed by atoms with van der Waals surface area (Å²) in [6, 6.07) is 11.9. The lowest BCUT2D eigenvalue weighted by atomic mass is 10.0. The van der Waals surface area contributed by atoms with Crippen LogP contribution in [0.15, 0.2) is 30.3 Å². The van der Waals surface area contributed by atoms with Gasteiger partial charge in [0, 0.05) is 11.3 Å². The fourth-order valence-corrected chi connectivity index (χ4v) is 1.73. The van der Waals surface area contributed by atoms with Crippen LogP contribution in [0.4, 0.5) is 5.82 Å². The molecule has 0 spiro atoms. The number of rotatable bonds is 1. The Morgan fingerprint density at radius 2 is 1.93 bits per heavy atom.